The molecule has 2 rings (SSSR count). The molecule has 0 amide bonds. The fourth-order valence-electron chi connectivity index (χ4n) is 2.84. The smallest absolute Gasteiger partial charge is 0.0323 e. The third kappa shape index (κ3) is 3.30. The molecule has 2 nitrogen and oxygen atoms in total. The van der Waals surface area contributed by atoms with Crippen molar-refractivity contribution < 1.29 is 0 Å². The molecule has 1 aromatic carbocycles. The second kappa shape index (κ2) is 6.18. The lowest BCUT2D eigenvalue weighted by Crippen LogP contribution is -2.32. The number of rotatable bonds is 4. The van der Waals surface area contributed by atoms with Crippen LogP contribution in [0.3, 0.4) is 0 Å². The minimum absolute atomic E-state index is 0.501. The predicted octanol–water partition coefficient (Wildman–Crippen LogP) is 2.65. The summed E-state index contributed by atoms with van der Waals surface area (Å²) in [5.41, 5.74) is 2.86. The lowest BCUT2D eigenvalue weighted by molar-refractivity contribution is 0.321. The van der Waals surface area contributed by atoms with Crippen LogP contribution in [0.15, 0.2) is 24.3 Å². The normalized spacial score (nSPS) is 22.4. The van der Waals surface area contributed by atoms with Gasteiger partial charge in [0.05, 0.1) is 0 Å². The Bertz CT molecular complexity index is 343. The van der Waals surface area contributed by atoms with E-state index in [1.165, 1.54) is 43.5 Å². The number of piperidine rings is 1. The molecule has 94 valence electrons. The third-order valence-electron chi connectivity index (χ3n) is 3.88. The second-order valence-electron chi connectivity index (χ2n) is 5.15. The van der Waals surface area contributed by atoms with Crippen LogP contribution in [0.1, 0.15) is 36.4 Å². The Balaban J connectivity index is 2.03. The third-order valence-corrected chi connectivity index (χ3v) is 3.88. The van der Waals surface area contributed by atoms with E-state index in [1.807, 2.05) is 0 Å². The summed E-state index contributed by atoms with van der Waals surface area (Å²) in [6.07, 6.45) is 3.94. The van der Waals surface area contributed by atoms with Gasteiger partial charge in [-0.1, -0.05) is 24.3 Å². The minimum Gasteiger partial charge on any atom is -0.316 e. The highest BCUT2D eigenvalue weighted by Gasteiger charge is 2.19. The van der Waals surface area contributed by atoms with Crippen molar-refractivity contribution in [3.05, 3.63) is 35.4 Å². The molecule has 0 saturated carbocycles. The molecule has 1 aliphatic heterocycles. The number of hydrogen-bond acceptors (Lipinski definition) is 2. The molecular formula is C15H24N2. The van der Waals surface area contributed by atoms with Crippen LogP contribution in [0, 0.1) is 12.8 Å². The highest BCUT2D eigenvalue weighted by molar-refractivity contribution is 5.28. The fourth-order valence-corrected chi connectivity index (χ4v) is 2.84. The van der Waals surface area contributed by atoms with Crippen LogP contribution in [0.2, 0.25) is 0 Å². The van der Waals surface area contributed by atoms with E-state index in [2.05, 4.69) is 48.9 Å². The summed E-state index contributed by atoms with van der Waals surface area (Å²) in [4.78, 5) is 0. The molecular weight excluding hydrogens is 208 g/mol. The SMILES string of the molecule is CNC(CC1CCCNC1)c1ccccc1C. The summed E-state index contributed by atoms with van der Waals surface area (Å²) in [5, 5.41) is 6.98. The van der Waals surface area contributed by atoms with E-state index in [0.717, 1.165) is 5.92 Å². The molecule has 0 radical (unpaired) electrons. The molecule has 1 fully saturated rings. The van der Waals surface area contributed by atoms with Gasteiger partial charge >= 0.3 is 0 Å². The summed E-state index contributed by atoms with van der Waals surface area (Å²) < 4.78 is 0. The van der Waals surface area contributed by atoms with Crippen LogP contribution >= 0.6 is 0 Å². The fraction of sp³-hybridized carbons (Fsp3) is 0.600. The zero-order valence-corrected chi connectivity index (χ0v) is 11.0. The summed E-state index contributed by atoms with van der Waals surface area (Å²) in [6, 6.07) is 9.23. The van der Waals surface area contributed by atoms with Gasteiger partial charge in [-0.2, -0.15) is 0 Å². The highest BCUT2D eigenvalue weighted by atomic mass is 14.9. The quantitative estimate of drug-likeness (QED) is 0.834. The molecule has 0 aromatic heterocycles. The molecule has 2 unspecified atom stereocenters. The van der Waals surface area contributed by atoms with E-state index in [1.54, 1.807) is 0 Å². The van der Waals surface area contributed by atoms with Crippen LogP contribution in [0.4, 0.5) is 0 Å². The van der Waals surface area contributed by atoms with Crippen LogP contribution < -0.4 is 10.6 Å². The van der Waals surface area contributed by atoms with Crippen LogP contribution in [-0.2, 0) is 0 Å². The van der Waals surface area contributed by atoms with Crippen molar-refractivity contribution in [2.45, 2.75) is 32.2 Å². The lowest BCUT2D eigenvalue weighted by Gasteiger charge is -2.28. The molecule has 2 N–H and O–H groups in total. The summed E-state index contributed by atoms with van der Waals surface area (Å²) >= 11 is 0. The van der Waals surface area contributed by atoms with Crippen molar-refractivity contribution >= 4 is 0 Å². The Labute approximate surface area is 105 Å². The van der Waals surface area contributed by atoms with Crippen LogP contribution in [0.25, 0.3) is 0 Å². The summed E-state index contributed by atoms with van der Waals surface area (Å²) in [5.74, 6) is 0.820. The lowest BCUT2D eigenvalue weighted by atomic mass is 9.88. The van der Waals surface area contributed by atoms with E-state index in [4.69, 9.17) is 0 Å². The molecule has 2 heteroatoms. The maximum Gasteiger partial charge on any atom is 0.0323 e. The maximum atomic E-state index is 3.50. The van der Waals surface area contributed by atoms with E-state index >= 15 is 0 Å². The van der Waals surface area contributed by atoms with Gasteiger partial charge in [-0.05, 0) is 63.4 Å². The standard InChI is InChI=1S/C15H24N2/c1-12-6-3-4-8-14(12)15(16-2)10-13-7-5-9-17-11-13/h3-4,6,8,13,15-17H,5,7,9-11H2,1-2H3. The number of hydrogen-bond donors (Lipinski definition) is 2. The Morgan fingerprint density at radius 2 is 2.24 bits per heavy atom. The van der Waals surface area contributed by atoms with Gasteiger partial charge in [-0.15, -0.1) is 0 Å². The Morgan fingerprint density at radius 3 is 2.88 bits per heavy atom. The van der Waals surface area contributed by atoms with Crippen molar-refractivity contribution in [1.29, 1.82) is 0 Å². The zero-order chi connectivity index (χ0) is 12.1. The monoisotopic (exact) mass is 232 g/mol. The Hall–Kier alpha value is -0.860. The van der Waals surface area contributed by atoms with Crippen molar-refractivity contribution in [3.8, 4) is 0 Å². The minimum atomic E-state index is 0.501. The van der Waals surface area contributed by atoms with Crippen molar-refractivity contribution in [2.24, 2.45) is 5.92 Å². The number of benzene rings is 1. The van der Waals surface area contributed by atoms with Crippen molar-refractivity contribution in [2.75, 3.05) is 20.1 Å². The van der Waals surface area contributed by atoms with E-state index in [9.17, 15) is 0 Å². The first-order chi connectivity index (χ1) is 8.31. The molecule has 0 bridgehead atoms. The number of aryl methyl sites for hydroxylation is 1. The Morgan fingerprint density at radius 1 is 1.41 bits per heavy atom. The van der Waals surface area contributed by atoms with Gasteiger partial charge in [-0.3, -0.25) is 0 Å². The molecule has 2 atom stereocenters. The van der Waals surface area contributed by atoms with Crippen LogP contribution in [0.5, 0.6) is 0 Å². The van der Waals surface area contributed by atoms with Crippen molar-refractivity contribution in [1.82, 2.24) is 10.6 Å². The van der Waals surface area contributed by atoms with Gasteiger partial charge in [0, 0.05) is 6.04 Å². The largest absolute Gasteiger partial charge is 0.316 e. The molecule has 1 aliphatic rings. The van der Waals surface area contributed by atoms with Gasteiger partial charge in [0.25, 0.3) is 0 Å². The van der Waals surface area contributed by atoms with Gasteiger partial charge in [0.1, 0.15) is 0 Å². The molecule has 1 aromatic rings. The van der Waals surface area contributed by atoms with E-state index in [-0.39, 0.29) is 0 Å². The summed E-state index contributed by atoms with van der Waals surface area (Å²) in [6.45, 7) is 4.59. The molecule has 17 heavy (non-hydrogen) atoms. The number of nitrogens with one attached hydrogen (secondary N) is 2. The first-order valence-corrected chi connectivity index (χ1v) is 6.74. The van der Waals surface area contributed by atoms with Gasteiger partial charge in [0.2, 0.25) is 0 Å². The van der Waals surface area contributed by atoms with Gasteiger partial charge in [0.15, 0.2) is 0 Å². The first-order valence-electron chi connectivity index (χ1n) is 6.74. The van der Waals surface area contributed by atoms with Crippen molar-refractivity contribution in [3.63, 3.8) is 0 Å². The van der Waals surface area contributed by atoms with E-state index < -0.39 is 0 Å². The maximum absolute atomic E-state index is 3.50. The molecule has 0 aliphatic carbocycles. The second-order valence-corrected chi connectivity index (χ2v) is 5.15. The molecule has 1 saturated heterocycles. The van der Waals surface area contributed by atoms with Gasteiger partial charge in [-0.25, -0.2) is 0 Å². The highest BCUT2D eigenvalue weighted by Crippen LogP contribution is 2.26. The predicted molar refractivity (Wildman–Crippen MR) is 73.2 cm³/mol. The Kier molecular flexibility index (Phi) is 4.57. The van der Waals surface area contributed by atoms with E-state index in [0.29, 0.717) is 6.04 Å². The average molecular weight is 232 g/mol. The van der Waals surface area contributed by atoms with Crippen LogP contribution in [-0.4, -0.2) is 20.1 Å². The molecule has 0 spiro atoms. The first kappa shape index (κ1) is 12.6. The topological polar surface area (TPSA) is 24.1 Å². The summed E-state index contributed by atoms with van der Waals surface area (Å²) in [7, 11) is 2.08. The average Bonchev–Trinajstić information content (AvgIpc) is 2.38. The zero-order valence-electron chi connectivity index (χ0n) is 11.0. The molecule has 1 heterocycles. The van der Waals surface area contributed by atoms with Gasteiger partial charge < -0.3 is 10.6 Å².